The molecule has 6 nitrogen and oxygen atoms in total. The van der Waals surface area contributed by atoms with Gasteiger partial charge in [0.2, 0.25) is 0 Å². The van der Waals surface area contributed by atoms with Crippen molar-refractivity contribution in [2.75, 3.05) is 52.3 Å². The van der Waals surface area contributed by atoms with Crippen LogP contribution in [0.4, 0.5) is 5.69 Å². The molecular formula is C19H33IN4O2. The van der Waals surface area contributed by atoms with E-state index in [0.717, 1.165) is 37.0 Å². The summed E-state index contributed by atoms with van der Waals surface area (Å²) in [4.78, 5) is 7.32. The van der Waals surface area contributed by atoms with Crippen molar-refractivity contribution in [3.8, 4) is 11.5 Å². The van der Waals surface area contributed by atoms with E-state index in [2.05, 4.69) is 29.4 Å². The molecule has 0 bridgehead atoms. The number of likely N-dealkylation sites (tertiary alicyclic amines) is 1. The molecule has 2 N–H and O–H groups in total. The third-order valence-corrected chi connectivity index (χ3v) is 4.41. The fourth-order valence-corrected chi connectivity index (χ4v) is 3.16. The Kier molecular flexibility index (Phi) is 10.7. The third-order valence-electron chi connectivity index (χ3n) is 4.41. The number of ether oxygens (including phenoxy) is 2. The molecule has 1 aliphatic heterocycles. The van der Waals surface area contributed by atoms with Crippen molar-refractivity contribution in [1.82, 2.24) is 10.2 Å². The van der Waals surface area contributed by atoms with Crippen LogP contribution in [0, 0.1) is 5.92 Å². The van der Waals surface area contributed by atoms with Crippen LogP contribution in [0.3, 0.4) is 0 Å². The number of aliphatic imine (C=N–C) groups is 1. The summed E-state index contributed by atoms with van der Waals surface area (Å²) < 4.78 is 10.6. The maximum atomic E-state index is 5.36. The summed E-state index contributed by atoms with van der Waals surface area (Å²) in [6.45, 7) is 9.55. The standard InChI is InChI=1S/C19H32N4O2.HI/c1-5-10-23-11-9-15(14-23)13-21-19(20-6-2)22-16-7-8-17(24-3)18(12-16)25-4;/h7-8,12,15H,5-6,9-11,13-14H2,1-4H3,(H2,20,21,22);1H. The highest BCUT2D eigenvalue weighted by molar-refractivity contribution is 14.0. The highest BCUT2D eigenvalue weighted by Crippen LogP contribution is 2.29. The highest BCUT2D eigenvalue weighted by Gasteiger charge is 2.21. The van der Waals surface area contributed by atoms with Gasteiger partial charge >= 0.3 is 0 Å². The molecule has 1 aliphatic rings. The molecule has 1 saturated heterocycles. The Labute approximate surface area is 174 Å². The average molecular weight is 476 g/mol. The first-order chi connectivity index (χ1) is 12.2. The molecule has 1 aromatic carbocycles. The van der Waals surface area contributed by atoms with Crippen LogP contribution in [0.5, 0.6) is 11.5 Å². The lowest BCUT2D eigenvalue weighted by Gasteiger charge is -2.15. The van der Waals surface area contributed by atoms with Gasteiger partial charge in [-0.2, -0.15) is 0 Å². The number of hydrogen-bond donors (Lipinski definition) is 2. The number of halogens is 1. The lowest BCUT2D eigenvalue weighted by atomic mass is 10.1. The molecule has 1 fully saturated rings. The van der Waals surface area contributed by atoms with E-state index in [4.69, 9.17) is 14.5 Å². The Balaban J connectivity index is 0.00000338. The molecule has 0 aliphatic carbocycles. The summed E-state index contributed by atoms with van der Waals surface area (Å²) in [5, 5.41) is 6.67. The molecule has 0 spiro atoms. The van der Waals surface area contributed by atoms with Crippen LogP contribution in [-0.4, -0.2) is 57.8 Å². The first kappa shape index (κ1) is 22.8. The Morgan fingerprint density at radius 3 is 2.65 bits per heavy atom. The molecule has 0 saturated carbocycles. The number of benzene rings is 1. The van der Waals surface area contributed by atoms with Gasteiger partial charge in [0.05, 0.1) is 14.2 Å². The smallest absolute Gasteiger partial charge is 0.195 e. The van der Waals surface area contributed by atoms with Gasteiger partial charge in [0.25, 0.3) is 0 Å². The molecule has 0 radical (unpaired) electrons. The van der Waals surface area contributed by atoms with Crippen molar-refractivity contribution in [1.29, 1.82) is 0 Å². The molecule has 0 amide bonds. The minimum atomic E-state index is 0. The molecule has 2 rings (SSSR count). The number of guanidine groups is 1. The average Bonchev–Trinajstić information content (AvgIpc) is 3.07. The van der Waals surface area contributed by atoms with Crippen LogP contribution >= 0.6 is 24.0 Å². The fourth-order valence-electron chi connectivity index (χ4n) is 3.16. The predicted molar refractivity (Wildman–Crippen MR) is 119 cm³/mol. The van der Waals surface area contributed by atoms with Crippen molar-refractivity contribution >= 4 is 35.6 Å². The van der Waals surface area contributed by atoms with E-state index < -0.39 is 0 Å². The second-order valence-electron chi connectivity index (χ2n) is 6.37. The van der Waals surface area contributed by atoms with Crippen molar-refractivity contribution in [2.24, 2.45) is 10.9 Å². The van der Waals surface area contributed by atoms with Crippen LogP contribution in [0.1, 0.15) is 26.7 Å². The molecule has 7 heteroatoms. The molecule has 26 heavy (non-hydrogen) atoms. The van der Waals surface area contributed by atoms with E-state index in [-0.39, 0.29) is 24.0 Å². The van der Waals surface area contributed by atoms with Gasteiger partial charge < -0.3 is 25.0 Å². The van der Waals surface area contributed by atoms with Crippen molar-refractivity contribution in [3.05, 3.63) is 18.2 Å². The van der Waals surface area contributed by atoms with Crippen molar-refractivity contribution in [3.63, 3.8) is 0 Å². The fraction of sp³-hybridized carbons (Fsp3) is 0.632. The molecule has 1 aromatic rings. The Hall–Kier alpha value is -1.22. The number of hydrogen-bond acceptors (Lipinski definition) is 4. The zero-order valence-corrected chi connectivity index (χ0v) is 18.7. The first-order valence-corrected chi connectivity index (χ1v) is 9.19. The summed E-state index contributed by atoms with van der Waals surface area (Å²) in [5.41, 5.74) is 0.927. The molecule has 0 aromatic heterocycles. The summed E-state index contributed by atoms with van der Waals surface area (Å²) in [5.74, 6) is 2.88. The van der Waals surface area contributed by atoms with E-state index in [1.807, 2.05) is 18.2 Å². The van der Waals surface area contributed by atoms with Gasteiger partial charge in [0, 0.05) is 31.4 Å². The quantitative estimate of drug-likeness (QED) is 0.342. The van der Waals surface area contributed by atoms with Crippen LogP contribution in [0.25, 0.3) is 0 Å². The van der Waals surface area contributed by atoms with Crippen molar-refractivity contribution in [2.45, 2.75) is 26.7 Å². The third kappa shape index (κ3) is 6.83. The summed E-state index contributed by atoms with van der Waals surface area (Å²) in [6, 6.07) is 5.78. The predicted octanol–water partition coefficient (Wildman–Crippen LogP) is 3.43. The summed E-state index contributed by atoms with van der Waals surface area (Å²) >= 11 is 0. The molecule has 1 unspecified atom stereocenters. The summed E-state index contributed by atoms with van der Waals surface area (Å²) in [6.07, 6.45) is 2.46. The Morgan fingerprint density at radius 1 is 1.23 bits per heavy atom. The second-order valence-corrected chi connectivity index (χ2v) is 6.37. The van der Waals surface area contributed by atoms with Crippen LogP contribution in [0.15, 0.2) is 23.2 Å². The Bertz CT molecular complexity index is 568. The minimum absolute atomic E-state index is 0. The normalized spacial score (nSPS) is 17.5. The number of nitrogens with one attached hydrogen (secondary N) is 2. The summed E-state index contributed by atoms with van der Waals surface area (Å²) in [7, 11) is 3.28. The van der Waals surface area contributed by atoms with E-state index in [1.165, 1.54) is 25.9 Å². The molecule has 1 atom stereocenters. The van der Waals surface area contributed by atoms with Crippen LogP contribution in [0.2, 0.25) is 0 Å². The van der Waals surface area contributed by atoms with E-state index >= 15 is 0 Å². The van der Waals surface area contributed by atoms with Crippen LogP contribution < -0.4 is 20.1 Å². The van der Waals surface area contributed by atoms with Gasteiger partial charge in [-0.1, -0.05) is 6.92 Å². The van der Waals surface area contributed by atoms with E-state index in [9.17, 15) is 0 Å². The first-order valence-electron chi connectivity index (χ1n) is 9.19. The number of methoxy groups -OCH3 is 2. The van der Waals surface area contributed by atoms with E-state index in [0.29, 0.717) is 11.7 Å². The largest absolute Gasteiger partial charge is 0.493 e. The lowest BCUT2D eigenvalue weighted by Crippen LogP contribution is -2.31. The van der Waals surface area contributed by atoms with Gasteiger partial charge in [0.1, 0.15) is 0 Å². The topological polar surface area (TPSA) is 58.1 Å². The Morgan fingerprint density at radius 2 is 2.00 bits per heavy atom. The van der Waals surface area contributed by atoms with Crippen molar-refractivity contribution < 1.29 is 9.47 Å². The second kappa shape index (κ2) is 12.2. The SMILES string of the molecule is CCCN1CCC(CN=C(NCC)Nc2ccc(OC)c(OC)c2)C1.I. The lowest BCUT2D eigenvalue weighted by molar-refractivity contribution is 0.326. The highest BCUT2D eigenvalue weighted by atomic mass is 127. The zero-order chi connectivity index (χ0) is 18.1. The van der Waals surface area contributed by atoms with Gasteiger partial charge in [-0.05, 0) is 50.9 Å². The number of nitrogens with zero attached hydrogens (tertiary/aromatic N) is 2. The van der Waals surface area contributed by atoms with E-state index in [1.54, 1.807) is 14.2 Å². The maximum Gasteiger partial charge on any atom is 0.195 e. The van der Waals surface area contributed by atoms with Gasteiger partial charge in [0.15, 0.2) is 17.5 Å². The molecular weight excluding hydrogens is 443 g/mol. The minimum Gasteiger partial charge on any atom is -0.493 e. The number of anilines is 1. The molecule has 1 heterocycles. The number of rotatable bonds is 8. The van der Waals surface area contributed by atoms with Gasteiger partial charge in [-0.15, -0.1) is 24.0 Å². The zero-order valence-electron chi connectivity index (χ0n) is 16.4. The monoisotopic (exact) mass is 476 g/mol. The molecule has 148 valence electrons. The maximum absolute atomic E-state index is 5.36. The van der Waals surface area contributed by atoms with Gasteiger partial charge in [-0.3, -0.25) is 4.99 Å². The van der Waals surface area contributed by atoms with Crippen LogP contribution in [-0.2, 0) is 0 Å². The van der Waals surface area contributed by atoms with Gasteiger partial charge in [-0.25, -0.2) is 0 Å².